The Morgan fingerprint density at radius 1 is 1.10 bits per heavy atom. The molecule has 0 fully saturated rings. The Labute approximate surface area is 129 Å². The van der Waals surface area contributed by atoms with Crippen LogP contribution in [0.15, 0.2) is 12.1 Å². The highest BCUT2D eigenvalue weighted by atomic mass is 19.1. The molecular weight excluding hydrogens is 265 g/mol. The van der Waals surface area contributed by atoms with Crippen molar-refractivity contribution in [3.8, 4) is 0 Å². The molecule has 0 aliphatic heterocycles. The fraction of sp³-hybridized carbons (Fsp3) is 0.667. The molecule has 0 aromatic heterocycles. The predicted octanol–water partition coefficient (Wildman–Crippen LogP) is 4.03. The maximum atomic E-state index is 13.6. The summed E-state index contributed by atoms with van der Waals surface area (Å²) < 4.78 is 18.7. The number of nitrogens with one attached hydrogen (secondary N) is 1. The molecule has 0 aliphatic rings. The zero-order valence-electron chi connectivity index (χ0n) is 14.2. The van der Waals surface area contributed by atoms with E-state index in [2.05, 4.69) is 19.2 Å². The number of rotatable bonds is 9. The summed E-state index contributed by atoms with van der Waals surface area (Å²) in [7, 11) is 1.72. The summed E-state index contributed by atoms with van der Waals surface area (Å²) in [5.41, 5.74) is 3.04. The molecule has 0 bridgehead atoms. The van der Waals surface area contributed by atoms with Gasteiger partial charge in [-0.15, -0.1) is 0 Å². The van der Waals surface area contributed by atoms with Gasteiger partial charge < -0.3 is 10.1 Å². The van der Waals surface area contributed by atoms with Crippen LogP contribution in [0, 0.1) is 25.1 Å². The lowest BCUT2D eigenvalue weighted by Crippen LogP contribution is -2.25. The zero-order valence-corrected chi connectivity index (χ0v) is 14.2. The number of hydrogen-bond donors (Lipinski definition) is 1. The quantitative estimate of drug-likeness (QED) is 0.695. The first kappa shape index (κ1) is 18.1. The summed E-state index contributed by atoms with van der Waals surface area (Å²) in [5.74, 6) is -0.0691. The van der Waals surface area contributed by atoms with Crippen LogP contribution in [0.3, 0.4) is 0 Å². The standard InChI is InChI=1S/C18H30FNO/c1-14-12-16(13-15(2)17(14)19)6-7-18(3,4)8-9-20-10-11-21-5/h12-13,20H,6-11H2,1-5H3. The molecular formula is C18H30FNO. The molecule has 1 rings (SSSR count). The van der Waals surface area contributed by atoms with E-state index in [0.717, 1.165) is 50.1 Å². The number of ether oxygens (including phenoxy) is 1. The largest absolute Gasteiger partial charge is 0.383 e. The molecule has 0 unspecified atom stereocenters. The van der Waals surface area contributed by atoms with Crippen molar-refractivity contribution in [3.63, 3.8) is 0 Å². The lowest BCUT2D eigenvalue weighted by Gasteiger charge is -2.25. The van der Waals surface area contributed by atoms with Crippen molar-refractivity contribution < 1.29 is 9.13 Å². The van der Waals surface area contributed by atoms with E-state index in [4.69, 9.17) is 4.74 Å². The van der Waals surface area contributed by atoms with Crippen LogP contribution in [0.5, 0.6) is 0 Å². The number of aryl methyl sites for hydroxylation is 3. The fourth-order valence-corrected chi connectivity index (χ4v) is 2.51. The Hall–Kier alpha value is -0.930. The zero-order chi connectivity index (χ0) is 15.9. The summed E-state index contributed by atoms with van der Waals surface area (Å²) >= 11 is 0. The van der Waals surface area contributed by atoms with E-state index in [0.29, 0.717) is 0 Å². The van der Waals surface area contributed by atoms with Crippen LogP contribution >= 0.6 is 0 Å². The summed E-state index contributed by atoms with van der Waals surface area (Å²) in [6, 6.07) is 3.96. The maximum absolute atomic E-state index is 13.6. The fourth-order valence-electron chi connectivity index (χ4n) is 2.51. The van der Waals surface area contributed by atoms with E-state index in [1.165, 1.54) is 5.56 Å². The van der Waals surface area contributed by atoms with Gasteiger partial charge in [-0.3, -0.25) is 0 Å². The first-order valence-corrected chi connectivity index (χ1v) is 7.81. The third-order valence-corrected chi connectivity index (χ3v) is 4.05. The van der Waals surface area contributed by atoms with Crippen molar-refractivity contribution in [1.82, 2.24) is 5.32 Å². The topological polar surface area (TPSA) is 21.3 Å². The Balaban J connectivity index is 2.42. The lowest BCUT2D eigenvalue weighted by atomic mass is 9.83. The molecule has 1 N–H and O–H groups in total. The normalized spacial score (nSPS) is 11.9. The van der Waals surface area contributed by atoms with E-state index >= 15 is 0 Å². The average Bonchev–Trinajstić information content (AvgIpc) is 2.42. The summed E-state index contributed by atoms with van der Waals surface area (Å²) in [5, 5.41) is 3.39. The van der Waals surface area contributed by atoms with Gasteiger partial charge in [-0.2, -0.15) is 0 Å². The van der Waals surface area contributed by atoms with Crippen LogP contribution in [-0.2, 0) is 11.2 Å². The first-order chi connectivity index (χ1) is 9.85. The van der Waals surface area contributed by atoms with Crippen molar-refractivity contribution in [2.24, 2.45) is 5.41 Å². The SMILES string of the molecule is COCCNCCC(C)(C)CCc1cc(C)c(F)c(C)c1. The second-order valence-electron chi connectivity index (χ2n) is 6.70. The molecule has 120 valence electrons. The summed E-state index contributed by atoms with van der Waals surface area (Å²) in [6.07, 6.45) is 3.26. The summed E-state index contributed by atoms with van der Waals surface area (Å²) in [4.78, 5) is 0. The monoisotopic (exact) mass is 295 g/mol. The Bertz CT molecular complexity index is 420. The highest BCUT2D eigenvalue weighted by Gasteiger charge is 2.17. The van der Waals surface area contributed by atoms with Crippen LogP contribution in [-0.4, -0.2) is 26.8 Å². The third-order valence-electron chi connectivity index (χ3n) is 4.05. The van der Waals surface area contributed by atoms with Crippen molar-refractivity contribution >= 4 is 0 Å². The van der Waals surface area contributed by atoms with Gasteiger partial charge in [-0.05, 0) is 61.8 Å². The molecule has 1 aromatic carbocycles. The van der Waals surface area contributed by atoms with Gasteiger partial charge in [-0.1, -0.05) is 26.0 Å². The first-order valence-electron chi connectivity index (χ1n) is 7.81. The highest BCUT2D eigenvalue weighted by Crippen LogP contribution is 2.27. The Morgan fingerprint density at radius 3 is 2.29 bits per heavy atom. The van der Waals surface area contributed by atoms with Crippen LogP contribution in [0.2, 0.25) is 0 Å². The van der Waals surface area contributed by atoms with Crippen LogP contribution in [0.1, 0.15) is 43.4 Å². The van der Waals surface area contributed by atoms with Crippen LogP contribution < -0.4 is 5.32 Å². The van der Waals surface area contributed by atoms with Gasteiger partial charge in [0.2, 0.25) is 0 Å². The number of halogens is 1. The molecule has 0 atom stereocenters. The minimum absolute atomic E-state index is 0.0691. The Morgan fingerprint density at radius 2 is 1.71 bits per heavy atom. The Kier molecular flexibility index (Phi) is 7.33. The molecule has 0 heterocycles. The number of methoxy groups -OCH3 is 1. The second-order valence-corrected chi connectivity index (χ2v) is 6.70. The second kappa shape index (κ2) is 8.50. The minimum Gasteiger partial charge on any atom is -0.383 e. The van der Waals surface area contributed by atoms with Gasteiger partial charge >= 0.3 is 0 Å². The molecule has 21 heavy (non-hydrogen) atoms. The molecule has 0 saturated heterocycles. The van der Waals surface area contributed by atoms with Gasteiger partial charge in [-0.25, -0.2) is 4.39 Å². The predicted molar refractivity (Wildman–Crippen MR) is 87.3 cm³/mol. The number of hydrogen-bond acceptors (Lipinski definition) is 2. The molecule has 0 radical (unpaired) electrons. The van der Waals surface area contributed by atoms with Crippen molar-refractivity contribution in [2.45, 2.75) is 47.0 Å². The van der Waals surface area contributed by atoms with Gasteiger partial charge in [0, 0.05) is 13.7 Å². The van der Waals surface area contributed by atoms with Crippen LogP contribution in [0.4, 0.5) is 4.39 Å². The van der Waals surface area contributed by atoms with Crippen molar-refractivity contribution in [1.29, 1.82) is 0 Å². The van der Waals surface area contributed by atoms with Gasteiger partial charge in [0.25, 0.3) is 0 Å². The van der Waals surface area contributed by atoms with Gasteiger partial charge in [0.1, 0.15) is 5.82 Å². The molecule has 1 aromatic rings. The van der Waals surface area contributed by atoms with Gasteiger partial charge in [0.15, 0.2) is 0 Å². The van der Waals surface area contributed by atoms with E-state index < -0.39 is 0 Å². The maximum Gasteiger partial charge on any atom is 0.129 e. The van der Waals surface area contributed by atoms with E-state index in [1.807, 2.05) is 26.0 Å². The van der Waals surface area contributed by atoms with E-state index in [-0.39, 0.29) is 11.2 Å². The molecule has 0 saturated carbocycles. The smallest absolute Gasteiger partial charge is 0.129 e. The number of benzene rings is 1. The van der Waals surface area contributed by atoms with Crippen molar-refractivity contribution in [2.75, 3.05) is 26.8 Å². The molecule has 0 amide bonds. The average molecular weight is 295 g/mol. The molecule has 2 nitrogen and oxygen atoms in total. The van der Waals surface area contributed by atoms with E-state index in [1.54, 1.807) is 7.11 Å². The highest BCUT2D eigenvalue weighted by molar-refractivity contribution is 5.30. The lowest BCUT2D eigenvalue weighted by molar-refractivity contribution is 0.197. The molecule has 0 spiro atoms. The van der Waals surface area contributed by atoms with Gasteiger partial charge in [0.05, 0.1) is 6.61 Å². The van der Waals surface area contributed by atoms with E-state index in [9.17, 15) is 4.39 Å². The van der Waals surface area contributed by atoms with Crippen molar-refractivity contribution in [3.05, 3.63) is 34.6 Å². The molecule has 3 heteroatoms. The third kappa shape index (κ3) is 6.58. The van der Waals surface area contributed by atoms with Crippen LogP contribution in [0.25, 0.3) is 0 Å². The minimum atomic E-state index is -0.0691. The molecule has 0 aliphatic carbocycles. The summed E-state index contributed by atoms with van der Waals surface area (Å²) in [6.45, 7) is 11.0.